The summed E-state index contributed by atoms with van der Waals surface area (Å²) in [6, 6.07) is 6.04. The normalized spacial score (nSPS) is 14.1. The van der Waals surface area contributed by atoms with E-state index in [9.17, 15) is 19.5 Å². The molecule has 11 nitrogen and oxygen atoms in total. The molecule has 0 saturated carbocycles. The zero-order valence-electron chi connectivity index (χ0n) is 27.3. The van der Waals surface area contributed by atoms with Crippen LogP contribution in [-0.4, -0.2) is 92.5 Å². The molecule has 4 unspecified atom stereocenters. The Labute approximate surface area is 264 Å². The first-order valence-corrected chi connectivity index (χ1v) is 15.1. The van der Waals surface area contributed by atoms with E-state index in [-0.39, 0.29) is 54.9 Å². The molecule has 12 heteroatoms. The molecule has 0 spiro atoms. The van der Waals surface area contributed by atoms with Crippen molar-refractivity contribution in [3.8, 4) is 5.75 Å². The second-order valence-corrected chi connectivity index (χ2v) is 11.7. The molecule has 43 heavy (non-hydrogen) atoms. The molecule has 0 heterocycles. The smallest absolute Gasteiger partial charge is 0.338 e. The number of para-hydroxylation sites is 1. The van der Waals surface area contributed by atoms with E-state index in [0.29, 0.717) is 37.5 Å². The van der Waals surface area contributed by atoms with Gasteiger partial charge in [0.1, 0.15) is 5.75 Å². The van der Waals surface area contributed by atoms with Crippen molar-refractivity contribution < 1.29 is 29.0 Å². The summed E-state index contributed by atoms with van der Waals surface area (Å²) < 4.78 is 10.9. The SMILES string of the molecule is CCN(C(=O)NN(C)C)C(=O)C(CC(O)C(N)CC(CNC(=O)c1ccccc1OCCCCOC)C(C)C)C(C)C.Cl. The van der Waals surface area contributed by atoms with Gasteiger partial charge in [-0.2, -0.15) is 0 Å². The van der Waals surface area contributed by atoms with Gasteiger partial charge >= 0.3 is 6.03 Å². The fourth-order valence-electron chi connectivity index (χ4n) is 4.67. The van der Waals surface area contributed by atoms with E-state index in [2.05, 4.69) is 24.6 Å². The summed E-state index contributed by atoms with van der Waals surface area (Å²) in [5, 5.41) is 15.6. The highest BCUT2D eigenvalue weighted by Crippen LogP contribution is 2.25. The molecule has 0 aliphatic rings. The van der Waals surface area contributed by atoms with Gasteiger partial charge in [0.15, 0.2) is 0 Å². The van der Waals surface area contributed by atoms with Gasteiger partial charge in [-0.25, -0.2) is 9.80 Å². The van der Waals surface area contributed by atoms with Crippen molar-refractivity contribution in [1.29, 1.82) is 0 Å². The third-order valence-electron chi connectivity index (χ3n) is 7.43. The molecule has 1 aromatic rings. The number of carbonyl (C=O) groups excluding carboxylic acids is 3. The maximum absolute atomic E-state index is 13.3. The number of aliphatic hydroxyl groups excluding tert-OH is 1. The zero-order valence-corrected chi connectivity index (χ0v) is 28.1. The lowest BCUT2D eigenvalue weighted by Gasteiger charge is -2.32. The van der Waals surface area contributed by atoms with Crippen LogP contribution in [0.15, 0.2) is 24.3 Å². The highest BCUT2D eigenvalue weighted by atomic mass is 35.5. The van der Waals surface area contributed by atoms with Crippen LogP contribution in [0.5, 0.6) is 5.75 Å². The number of unbranched alkanes of at least 4 members (excludes halogenated alkanes) is 1. The van der Waals surface area contributed by atoms with E-state index in [0.717, 1.165) is 17.7 Å². The summed E-state index contributed by atoms with van der Waals surface area (Å²) >= 11 is 0. The van der Waals surface area contributed by atoms with E-state index in [1.54, 1.807) is 46.3 Å². The lowest BCUT2D eigenvalue weighted by molar-refractivity contribution is -0.135. The van der Waals surface area contributed by atoms with E-state index < -0.39 is 24.1 Å². The molecule has 0 saturated heterocycles. The number of imide groups is 1. The van der Waals surface area contributed by atoms with Gasteiger partial charge in [0, 0.05) is 52.9 Å². The number of ether oxygens (including phenoxy) is 2. The van der Waals surface area contributed by atoms with Crippen molar-refractivity contribution in [3.63, 3.8) is 0 Å². The Morgan fingerprint density at radius 1 is 1.00 bits per heavy atom. The first-order chi connectivity index (χ1) is 19.8. The second-order valence-electron chi connectivity index (χ2n) is 11.7. The van der Waals surface area contributed by atoms with Crippen LogP contribution in [0, 0.1) is 23.7 Å². The van der Waals surface area contributed by atoms with E-state index in [1.807, 2.05) is 19.9 Å². The monoisotopic (exact) mass is 629 g/mol. The largest absolute Gasteiger partial charge is 0.493 e. The standard InChI is InChI=1S/C31H55N5O6.ClH/c1-9-36(31(40)34-35(6)7)30(39)25(22(4)5)19-27(37)26(32)18-23(21(2)3)20-33-29(38)24-14-10-11-15-28(24)42-17-13-12-16-41-8;/h10-11,14-15,21-23,25-27,37H,9,12-13,16-20,32H2,1-8H3,(H,33,38)(H,34,40);1H. The zero-order chi connectivity index (χ0) is 31.8. The average molecular weight is 630 g/mol. The van der Waals surface area contributed by atoms with Crippen LogP contribution in [-0.2, 0) is 9.53 Å². The number of hydrazine groups is 1. The van der Waals surface area contributed by atoms with E-state index >= 15 is 0 Å². The molecule has 0 bridgehead atoms. The molecule has 0 aliphatic heterocycles. The highest BCUT2D eigenvalue weighted by Gasteiger charge is 2.34. The van der Waals surface area contributed by atoms with Crippen molar-refractivity contribution in [2.75, 3.05) is 47.5 Å². The van der Waals surface area contributed by atoms with Gasteiger partial charge in [0.05, 0.1) is 18.3 Å². The molecule has 1 aromatic carbocycles. The summed E-state index contributed by atoms with van der Waals surface area (Å²) in [4.78, 5) is 40.1. The van der Waals surface area contributed by atoms with Gasteiger partial charge in [0.2, 0.25) is 5.91 Å². The Morgan fingerprint density at radius 2 is 1.63 bits per heavy atom. The Hall–Kier alpha value is -2.44. The van der Waals surface area contributed by atoms with Gasteiger partial charge in [-0.3, -0.25) is 19.9 Å². The minimum Gasteiger partial charge on any atom is -0.493 e. The molecular weight excluding hydrogens is 574 g/mol. The van der Waals surface area contributed by atoms with Gasteiger partial charge in [-0.05, 0) is 62.5 Å². The number of carbonyl (C=O) groups is 3. The number of nitrogens with one attached hydrogen (secondary N) is 2. The van der Waals surface area contributed by atoms with Crippen LogP contribution in [0.1, 0.15) is 70.7 Å². The Kier molecular flexibility index (Phi) is 20.1. The van der Waals surface area contributed by atoms with E-state index in [4.69, 9.17) is 15.2 Å². The van der Waals surface area contributed by atoms with Crippen LogP contribution in [0.3, 0.4) is 0 Å². The number of rotatable bonds is 19. The number of nitrogens with zero attached hydrogens (tertiary/aromatic N) is 2. The molecule has 248 valence electrons. The first-order valence-electron chi connectivity index (χ1n) is 15.1. The summed E-state index contributed by atoms with van der Waals surface area (Å²) in [5.41, 5.74) is 9.54. The van der Waals surface area contributed by atoms with Crippen molar-refractivity contribution in [2.24, 2.45) is 29.4 Å². The average Bonchev–Trinajstić information content (AvgIpc) is 2.93. The summed E-state index contributed by atoms with van der Waals surface area (Å²) in [6.45, 7) is 11.4. The fourth-order valence-corrected chi connectivity index (χ4v) is 4.67. The number of hydrogen-bond acceptors (Lipinski definition) is 8. The van der Waals surface area contributed by atoms with E-state index in [1.165, 1.54) is 5.01 Å². The Bertz CT molecular complexity index is 964. The maximum Gasteiger partial charge on any atom is 0.338 e. The van der Waals surface area contributed by atoms with Crippen LogP contribution in [0.4, 0.5) is 4.79 Å². The van der Waals surface area contributed by atoms with Crippen molar-refractivity contribution >= 4 is 30.3 Å². The molecule has 0 radical (unpaired) electrons. The lowest BCUT2D eigenvalue weighted by atomic mass is 9.83. The minimum absolute atomic E-state index is 0. The molecule has 4 amide bonds. The molecular formula is C31H56ClN5O6. The minimum atomic E-state index is -0.957. The van der Waals surface area contributed by atoms with Gasteiger partial charge < -0.3 is 25.6 Å². The molecule has 5 N–H and O–H groups in total. The predicted molar refractivity (Wildman–Crippen MR) is 172 cm³/mol. The number of aliphatic hydroxyl groups is 1. The molecule has 0 fully saturated rings. The number of halogens is 1. The van der Waals surface area contributed by atoms with Crippen molar-refractivity contribution in [2.45, 2.75) is 72.4 Å². The number of amides is 4. The van der Waals surface area contributed by atoms with Gasteiger partial charge in [-0.1, -0.05) is 39.8 Å². The topological polar surface area (TPSA) is 146 Å². The highest BCUT2D eigenvalue weighted by molar-refractivity contribution is 5.97. The quantitative estimate of drug-likeness (QED) is 0.134. The number of nitrogens with two attached hydrogens (primary N) is 1. The number of methoxy groups -OCH3 is 1. The number of benzene rings is 1. The number of hydrogen-bond donors (Lipinski definition) is 4. The molecule has 4 atom stereocenters. The Balaban J connectivity index is 0.0000176. The molecule has 0 aromatic heterocycles. The van der Waals surface area contributed by atoms with Gasteiger partial charge in [-0.15, -0.1) is 12.4 Å². The summed E-state index contributed by atoms with van der Waals surface area (Å²) in [5.74, 6) is -0.556. The van der Waals surface area contributed by atoms with Crippen molar-refractivity contribution in [3.05, 3.63) is 29.8 Å². The van der Waals surface area contributed by atoms with Crippen molar-refractivity contribution in [1.82, 2.24) is 20.7 Å². The van der Waals surface area contributed by atoms with Crippen LogP contribution in [0.25, 0.3) is 0 Å². The van der Waals surface area contributed by atoms with Crippen LogP contribution < -0.4 is 21.2 Å². The third kappa shape index (κ3) is 14.3. The Morgan fingerprint density at radius 3 is 2.19 bits per heavy atom. The lowest BCUT2D eigenvalue weighted by Crippen LogP contribution is -2.51. The fraction of sp³-hybridized carbons (Fsp3) is 0.710. The van der Waals surface area contributed by atoms with Gasteiger partial charge in [0.25, 0.3) is 5.91 Å². The molecule has 0 aliphatic carbocycles. The maximum atomic E-state index is 13.3. The van der Waals surface area contributed by atoms with Crippen LogP contribution in [0.2, 0.25) is 0 Å². The third-order valence-corrected chi connectivity index (χ3v) is 7.43. The number of urea groups is 1. The summed E-state index contributed by atoms with van der Waals surface area (Å²) in [6.07, 6.45) is 1.33. The molecule has 1 rings (SSSR count). The predicted octanol–water partition coefficient (Wildman–Crippen LogP) is 3.69. The first kappa shape index (κ1) is 40.6. The summed E-state index contributed by atoms with van der Waals surface area (Å²) in [7, 11) is 5.01. The van der Waals surface area contributed by atoms with Crippen LogP contribution >= 0.6 is 12.4 Å². The second kappa shape index (κ2) is 21.3.